The maximum Gasteiger partial charge on any atom is 0.133 e. The summed E-state index contributed by atoms with van der Waals surface area (Å²) in [4.78, 5) is 12.8. The predicted molar refractivity (Wildman–Crippen MR) is 145 cm³/mol. The van der Waals surface area contributed by atoms with E-state index in [1.165, 1.54) is 36.8 Å². The number of fused-ring (bicyclic) bond motifs is 1. The first kappa shape index (κ1) is 24.3. The first-order chi connectivity index (χ1) is 16.7. The minimum Gasteiger partial charge on any atom is -0.388 e. The van der Waals surface area contributed by atoms with Crippen LogP contribution in [0.5, 0.6) is 0 Å². The van der Waals surface area contributed by atoms with Gasteiger partial charge in [-0.15, -0.1) is 6.58 Å². The fraction of sp³-hybridized carbons (Fsp3) is 0.467. The molecule has 3 heterocycles. The van der Waals surface area contributed by atoms with Gasteiger partial charge in [0, 0.05) is 36.8 Å². The Labute approximate surface area is 205 Å². The Hall–Kier alpha value is -2.88. The van der Waals surface area contributed by atoms with Crippen molar-refractivity contribution < 1.29 is 0 Å². The quantitative estimate of drug-likeness (QED) is 0.541. The number of hydrogen-bond donors (Lipinski definition) is 1. The molecule has 1 atom stereocenters. The van der Waals surface area contributed by atoms with Crippen LogP contribution in [0.4, 0.5) is 0 Å². The third-order valence-electron chi connectivity index (χ3n) is 7.00. The topological polar surface area (TPSA) is 40.5 Å². The lowest BCUT2D eigenvalue weighted by Gasteiger charge is -2.31. The summed E-state index contributed by atoms with van der Waals surface area (Å²) >= 11 is 0. The van der Waals surface area contributed by atoms with Gasteiger partial charge in [-0.05, 0) is 99.9 Å². The zero-order valence-corrected chi connectivity index (χ0v) is 21.0. The van der Waals surface area contributed by atoms with Crippen molar-refractivity contribution in [1.82, 2.24) is 15.2 Å². The summed E-state index contributed by atoms with van der Waals surface area (Å²) < 4.78 is 0. The molecule has 2 aromatic rings. The van der Waals surface area contributed by atoms with Crippen molar-refractivity contribution in [3.05, 3.63) is 71.6 Å². The number of benzene rings is 1. The number of aryl methyl sites for hydroxylation is 1. The van der Waals surface area contributed by atoms with Crippen molar-refractivity contribution in [2.45, 2.75) is 71.3 Å². The van der Waals surface area contributed by atoms with E-state index in [-0.39, 0.29) is 0 Å². The number of allylic oxidation sites excluding steroid dienone is 1. The lowest BCUT2D eigenvalue weighted by atomic mass is 9.97. The number of aromatic nitrogens is 1. The summed E-state index contributed by atoms with van der Waals surface area (Å²) in [6.45, 7) is 11.5. The van der Waals surface area contributed by atoms with Gasteiger partial charge in [-0.1, -0.05) is 25.1 Å². The van der Waals surface area contributed by atoms with Crippen molar-refractivity contribution >= 4 is 11.9 Å². The van der Waals surface area contributed by atoms with Gasteiger partial charge in [0.15, 0.2) is 0 Å². The summed E-state index contributed by atoms with van der Waals surface area (Å²) in [7, 11) is 0. The molecule has 1 aromatic heterocycles. The summed E-state index contributed by atoms with van der Waals surface area (Å²) in [5, 5.41) is 3.55. The molecule has 1 aromatic carbocycles. The molecule has 0 bridgehead atoms. The van der Waals surface area contributed by atoms with E-state index in [9.17, 15) is 0 Å². The van der Waals surface area contributed by atoms with Crippen LogP contribution in [-0.2, 0) is 12.8 Å². The van der Waals surface area contributed by atoms with E-state index in [2.05, 4.69) is 73.3 Å². The molecule has 34 heavy (non-hydrogen) atoms. The molecule has 1 N–H and O–H groups in total. The Morgan fingerprint density at radius 2 is 1.91 bits per heavy atom. The Bertz CT molecular complexity index is 1030. The highest BCUT2D eigenvalue weighted by molar-refractivity contribution is 6.01. The van der Waals surface area contributed by atoms with Gasteiger partial charge in [-0.3, -0.25) is 4.99 Å². The molecule has 0 spiro atoms. The van der Waals surface area contributed by atoms with Crippen LogP contribution in [-0.4, -0.2) is 41.4 Å². The monoisotopic (exact) mass is 456 g/mol. The predicted octanol–water partition coefficient (Wildman–Crippen LogP) is 6.40. The van der Waals surface area contributed by atoms with Crippen molar-refractivity contribution in [1.29, 1.82) is 0 Å². The first-order valence-corrected chi connectivity index (χ1v) is 13.2. The smallest absolute Gasteiger partial charge is 0.133 e. The molecule has 0 amide bonds. The van der Waals surface area contributed by atoms with Gasteiger partial charge in [0.1, 0.15) is 5.84 Å². The number of likely N-dealkylation sites (tertiary alicyclic amines) is 1. The molecule has 4 rings (SSSR count). The highest BCUT2D eigenvalue weighted by atomic mass is 15.2. The number of nitrogens with zero attached hydrogens (tertiary/aromatic N) is 3. The highest BCUT2D eigenvalue weighted by Crippen LogP contribution is 2.26. The number of aliphatic imine (C=N–C) groups is 1. The van der Waals surface area contributed by atoms with Gasteiger partial charge in [0.05, 0.1) is 11.4 Å². The molecule has 4 nitrogen and oxygen atoms in total. The maximum absolute atomic E-state index is 5.18. The Morgan fingerprint density at radius 1 is 1.06 bits per heavy atom. The largest absolute Gasteiger partial charge is 0.388 e. The van der Waals surface area contributed by atoms with Crippen LogP contribution in [0.3, 0.4) is 0 Å². The second-order valence-electron chi connectivity index (χ2n) is 9.61. The van der Waals surface area contributed by atoms with E-state index >= 15 is 0 Å². The van der Waals surface area contributed by atoms with Crippen LogP contribution in [0, 0.1) is 0 Å². The molecule has 1 unspecified atom stereocenters. The molecule has 0 aliphatic carbocycles. The fourth-order valence-corrected chi connectivity index (χ4v) is 5.01. The summed E-state index contributed by atoms with van der Waals surface area (Å²) in [6, 6.07) is 11.6. The van der Waals surface area contributed by atoms with E-state index in [1.54, 1.807) is 0 Å². The lowest BCUT2D eigenvalue weighted by molar-refractivity contribution is 0.341. The SMILES string of the molecule is C=CCc1cc(-c2ccc3c(n2)/C=C/NC(C)CCCCN=C3N2CCCCC2)ccc1CC. The van der Waals surface area contributed by atoms with E-state index in [0.29, 0.717) is 6.04 Å². The first-order valence-electron chi connectivity index (χ1n) is 13.2. The average Bonchev–Trinajstić information content (AvgIpc) is 2.86. The maximum atomic E-state index is 5.18. The molecule has 180 valence electrons. The van der Waals surface area contributed by atoms with Gasteiger partial charge in [-0.25, -0.2) is 4.98 Å². The second-order valence-corrected chi connectivity index (χ2v) is 9.61. The molecular formula is C30H40N4. The summed E-state index contributed by atoms with van der Waals surface area (Å²) in [5.74, 6) is 1.13. The van der Waals surface area contributed by atoms with Crippen molar-refractivity contribution in [2.24, 2.45) is 4.99 Å². The third-order valence-corrected chi connectivity index (χ3v) is 7.00. The molecular weight excluding hydrogens is 416 g/mol. The Kier molecular flexibility index (Phi) is 8.56. The standard InChI is InChI=1S/C30H40N4/c1-4-11-25-22-26(14-13-24(25)5-2)28-16-15-27-29(33-28)17-19-31-23(3)12-7-8-18-32-30(27)34-20-9-6-10-21-34/h4,13-17,19,22-23,31H,1,5-12,18,20-21H2,2-3H3/b19-17+,32-30?. The molecule has 1 fully saturated rings. The van der Waals surface area contributed by atoms with Crippen LogP contribution in [0.25, 0.3) is 17.3 Å². The molecule has 0 saturated carbocycles. The lowest BCUT2D eigenvalue weighted by Crippen LogP contribution is -2.37. The van der Waals surface area contributed by atoms with E-state index in [4.69, 9.17) is 9.98 Å². The molecule has 1 saturated heterocycles. The summed E-state index contributed by atoms with van der Waals surface area (Å²) in [5.41, 5.74) is 7.03. The third kappa shape index (κ3) is 5.97. The number of nitrogens with one attached hydrogen (secondary N) is 1. The number of rotatable bonds is 4. The average molecular weight is 457 g/mol. The van der Waals surface area contributed by atoms with Gasteiger partial charge >= 0.3 is 0 Å². The van der Waals surface area contributed by atoms with E-state index < -0.39 is 0 Å². The fourth-order valence-electron chi connectivity index (χ4n) is 5.01. The molecule has 0 radical (unpaired) electrons. The number of pyridine rings is 1. The normalized spacial score (nSPS) is 20.2. The van der Waals surface area contributed by atoms with E-state index in [1.807, 2.05) is 6.08 Å². The van der Waals surface area contributed by atoms with E-state index in [0.717, 1.165) is 73.7 Å². The zero-order chi connectivity index (χ0) is 23.8. The summed E-state index contributed by atoms with van der Waals surface area (Å²) in [6.07, 6.45) is 15.4. The van der Waals surface area contributed by atoms with Crippen LogP contribution < -0.4 is 5.32 Å². The molecule has 4 heteroatoms. The van der Waals surface area contributed by atoms with Crippen molar-refractivity contribution in [3.63, 3.8) is 0 Å². The van der Waals surface area contributed by atoms with Crippen molar-refractivity contribution in [3.8, 4) is 11.3 Å². The Balaban J connectivity index is 1.77. The van der Waals surface area contributed by atoms with Crippen LogP contribution in [0.2, 0.25) is 0 Å². The second kappa shape index (κ2) is 12.0. The van der Waals surface area contributed by atoms with Gasteiger partial charge in [0.2, 0.25) is 0 Å². The molecule has 2 aliphatic heterocycles. The molecule has 2 aliphatic rings. The van der Waals surface area contributed by atoms with Gasteiger partial charge in [-0.2, -0.15) is 0 Å². The Morgan fingerprint density at radius 3 is 2.71 bits per heavy atom. The zero-order valence-electron chi connectivity index (χ0n) is 21.0. The van der Waals surface area contributed by atoms with Gasteiger partial charge < -0.3 is 10.2 Å². The minimum absolute atomic E-state index is 0.455. The number of hydrogen-bond acceptors (Lipinski definition) is 4. The van der Waals surface area contributed by atoms with Gasteiger partial charge in [0.25, 0.3) is 0 Å². The van der Waals surface area contributed by atoms with Crippen LogP contribution in [0.15, 0.2) is 54.2 Å². The number of amidine groups is 1. The van der Waals surface area contributed by atoms with Crippen LogP contribution in [0.1, 0.15) is 74.8 Å². The minimum atomic E-state index is 0.455. The highest BCUT2D eigenvalue weighted by Gasteiger charge is 2.20. The van der Waals surface area contributed by atoms with Crippen LogP contribution >= 0.6 is 0 Å². The van der Waals surface area contributed by atoms with Crippen molar-refractivity contribution in [2.75, 3.05) is 19.6 Å². The number of piperidine rings is 1.